The third-order valence-electron chi connectivity index (χ3n) is 9.23. The van der Waals surface area contributed by atoms with Crippen molar-refractivity contribution in [2.75, 3.05) is 32.6 Å². The highest BCUT2D eigenvalue weighted by Gasteiger charge is 2.50. The predicted octanol–water partition coefficient (Wildman–Crippen LogP) is 4.73. The minimum Gasteiger partial charge on any atom is -0.390 e. The van der Waals surface area contributed by atoms with Crippen LogP contribution in [0.2, 0.25) is 0 Å². The topological polar surface area (TPSA) is 105 Å². The standard InChI is InChI=1S/C29H42N4O4S/c1-20-15-23(38(35,36)24-16-29(17-24)11-13-33(3)14-12-29)5-6-25(20)31-27-30-18-22(19-37-4)26(32-27)21-7-9-28(2,34)10-8-21/h5-6,15,18,21,24,34H,7-14,16-17,19H2,1-4H3,(H,30,31,32). The summed E-state index contributed by atoms with van der Waals surface area (Å²) in [6.07, 6.45) is 8.79. The van der Waals surface area contributed by atoms with Crippen LogP contribution in [0.3, 0.4) is 0 Å². The quantitative estimate of drug-likeness (QED) is 0.517. The Morgan fingerprint density at radius 2 is 1.84 bits per heavy atom. The van der Waals surface area contributed by atoms with Crippen LogP contribution < -0.4 is 5.32 Å². The Hall–Kier alpha value is -2.07. The molecule has 3 aliphatic rings. The maximum absolute atomic E-state index is 13.4. The molecule has 2 heterocycles. The molecule has 1 saturated heterocycles. The molecule has 0 amide bonds. The molecule has 0 unspecified atom stereocenters. The number of hydrogen-bond donors (Lipinski definition) is 2. The number of aromatic nitrogens is 2. The number of hydrogen-bond acceptors (Lipinski definition) is 8. The lowest BCUT2D eigenvalue weighted by molar-refractivity contribution is 0.0166. The molecular weight excluding hydrogens is 500 g/mol. The highest BCUT2D eigenvalue weighted by molar-refractivity contribution is 7.92. The minimum atomic E-state index is -3.35. The summed E-state index contributed by atoms with van der Waals surface area (Å²) >= 11 is 0. The molecule has 2 aliphatic carbocycles. The number of rotatable bonds is 7. The fourth-order valence-corrected chi connectivity index (χ4v) is 8.64. The smallest absolute Gasteiger partial charge is 0.227 e. The predicted molar refractivity (Wildman–Crippen MR) is 148 cm³/mol. The number of aryl methyl sites for hydroxylation is 1. The summed E-state index contributed by atoms with van der Waals surface area (Å²) < 4.78 is 32.2. The summed E-state index contributed by atoms with van der Waals surface area (Å²) in [5.41, 5.74) is 3.17. The van der Waals surface area contributed by atoms with Gasteiger partial charge in [-0.05, 0) is 115 Å². The normalized spacial score (nSPS) is 26.3. The number of aliphatic hydroxyl groups is 1. The molecule has 38 heavy (non-hydrogen) atoms. The van der Waals surface area contributed by atoms with Crippen molar-refractivity contribution >= 4 is 21.5 Å². The second kappa shape index (κ2) is 10.5. The molecule has 0 atom stereocenters. The molecule has 1 aromatic carbocycles. The second-order valence-corrected chi connectivity index (χ2v) is 14.5. The van der Waals surface area contributed by atoms with Crippen molar-refractivity contribution in [2.45, 2.75) is 93.5 Å². The van der Waals surface area contributed by atoms with Crippen molar-refractivity contribution in [3.8, 4) is 0 Å². The average molecular weight is 543 g/mol. The summed E-state index contributed by atoms with van der Waals surface area (Å²) in [5.74, 6) is 0.729. The third kappa shape index (κ3) is 5.62. The first-order valence-electron chi connectivity index (χ1n) is 13.9. The number of benzene rings is 1. The summed E-state index contributed by atoms with van der Waals surface area (Å²) in [7, 11) is 0.450. The van der Waals surface area contributed by atoms with Gasteiger partial charge in [0.15, 0.2) is 9.84 Å². The van der Waals surface area contributed by atoms with Gasteiger partial charge in [-0.1, -0.05) is 0 Å². The van der Waals surface area contributed by atoms with E-state index in [0.29, 0.717) is 17.5 Å². The van der Waals surface area contributed by atoms with E-state index in [0.717, 1.165) is 87.0 Å². The SMILES string of the molecule is COCc1cnc(Nc2ccc(S(=O)(=O)C3CC4(CCN(C)CC4)C3)cc2C)nc1C1CCC(C)(O)CC1. The first-order chi connectivity index (χ1) is 18.0. The highest BCUT2D eigenvalue weighted by atomic mass is 32.2. The molecule has 1 spiro atoms. The van der Waals surface area contributed by atoms with E-state index < -0.39 is 15.4 Å². The Bertz CT molecular complexity index is 1250. The second-order valence-electron chi connectivity index (χ2n) is 12.3. The molecule has 9 heteroatoms. The van der Waals surface area contributed by atoms with Crippen LogP contribution in [0.1, 0.15) is 81.0 Å². The summed E-state index contributed by atoms with van der Waals surface area (Å²) in [6, 6.07) is 5.32. The van der Waals surface area contributed by atoms with E-state index in [9.17, 15) is 13.5 Å². The Morgan fingerprint density at radius 1 is 1.16 bits per heavy atom. The third-order valence-corrected chi connectivity index (χ3v) is 11.4. The van der Waals surface area contributed by atoms with Gasteiger partial charge in [-0.25, -0.2) is 18.4 Å². The van der Waals surface area contributed by atoms with E-state index in [1.807, 2.05) is 26.1 Å². The van der Waals surface area contributed by atoms with Crippen LogP contribution in [0.15, 0.2) is 29.3 Å². The zero-order valence-corrected chi connectivity index (χ0v) is 24.0. The molecule has 0 bridgehead atoms. The van der Waals surface area contributed by atoms with Gasteiger partial charge in [0.25, 0.3) is 0 Å². The van der Waals surface area contributed by atoms with Gasteiger partial charge in [0, 0.05) is 30.5 Å². The van der Waals surface area contributed by atoms with Gasteiger partial charge in [-0.3, -0.25) is 0 Å². The molecule has 2 saturated carbocycles. The summed E-state index contributed by atoms with van der Waals surface area (Å²) in [4.78, 5) is 12.1. The lowest BCUT2D eigenvalue weighted by atomic mass is 9.63. The molecule has 1 aromatic heterocycles. The number of piperidine rings is 1. The lowest BCUT2D eigenvalue weighted by Crippen LogP contribution is -2.50. The van der Waals surface area contributed by atoms with Crippen LogP contribution in [0.5, 0.6) is 0 Å². The van der Waals surface area contributed by atoms with Crippen molar-refractivity contribution in [3.05, 3.63) is 41.2 Å². The Balaban J connectivity index is 1.30. The molecule has 1 aliphatic heterocycles. The van der Waals surface area contributed by atoms with Crippen LogP contribution >= 0.6 is 0 Å². The van der Waals surface area contributed by atoms with Gasteiger partial charge in [-0.2, -0.15) is 0 Å². The zero-order chi connectivity index (χ0) is 27.1. The van der Waals surface area contributed by atoms with Crippen molar-refractivity contribution in [2.24, 2.45) is 5.41 Å². The Labute approximate surface area is 227 Å². The van der Waals surface area contributed by atoms with Gasteiger partial charge >= 0.3 is 0 Å². The summed E-state index contributed by atoms with van der Waals surface area (Å²) in [6.45, 7) is 6.38. The number of likely N-dealkylation sites (tertiary alicyclic amines) is 1. The number of nitrogens with zero attached hydrogens (tertiary/aromatic N) is 3. The first kappa shape index (κ1) is 27.5. The van der Waals surface area contributed by atoms with Crippen molar-refractivity contribution < 1.29 is 18.3 Å². The first-order valence-corrected chi connectivity index (χ1v) is 15.4. The van der Waals surface area contributed by atoms with Crippen LogP contribution in [-0.2, 0) is 21.2 Å². The molecular formula is C29H42N4O4S. The monoisotopic (exact) mass is 542 g/mol. The molecule has 5 rings (SSSR count). The minimum absolute atomic E-state index is 0.221. The van der Waals surface area contributed by atoms with Gasteiger partial charge in [-0.15, -0.1) is 0 Å². The lowest BCUT2D eigenvalue weighted by Gasteiger charge is -2.51. The van der Waals surface area contributed by atoms with E-state index in [4.69, 9.17) is 9.72 Å². The number of nitrogens with one attached hydrogen (secondary N) is 1. The molecule has 2 N–H and O–H groups in total. The van der Waals surface area contributed by atoms with E-state index in [1.165, 1.54) is 0 Å². The maximum Gasteiger partial charge on any atom is 0.227 e. The molecule has 2 aromatic rings. The van der Waals surface area contributed by atoms with E-state index in [1.54, 1.807) is 19.2 Å². The van der Waals surface area contributed by atoms with Crippen molar-refractivity contribution in [1.29, 1.82) is 0 Å². The van der Waals surface area contributed by atoms with E-state index in [-0.39, 0.29) is 16.6 Å². The fraction of sp³-hybridized carbons (Fsp3) is 0.655. The van der Waals surface area contributed by atoms with Crippen molar-refractivity contribution in [1.82, 2.24) is 14.9 Å². The Kier molecular flexibility index (Phi) is 7.59. The van der Waals surface area contributed by atoms with Crippen LogP contribution in [0, 0.1) is 12.3 Å². The number of methoxy groups -OCH3 is 1. The largest absolute Gasteiger partial charge is 0.390 e. The number of anilines is 2. The highest BCUT2D eigenvalue weighted by Crippen LogP contribution is 2.52. The average Bonchev–Trinajstić information content (AvgIpc) is 2.85. The van der Waals surface area contributed by atoms with Crippen LogP contribution in [0.4, 0.5) is 11.6 Å². The fourth-order valence-electron chi connectivity index (χ4n) is 6.51. The van der Waals surface area contributed by atoms with Crippen LogP contribution in [0.25, 0.3) is 0 Å². The molecule has 208 valence electrons. The maximum atomic E-state index is 13.4. The van der Waals surface area contributed by atoms with Gasteiger partial charge < -0.3 is 20.1 Å². The van der Waals surface area contributed by atoms with Gasteiger partial charge in [0.05, 0.1) is 28.0 Å². The van der Waals surface area contributed by atoms with Gasteiger partial charge in [0.1, 0.15) is 0 Å². The molecule has 8 nitrogen and oxygen atoms in total. The van der Waals surface area contributed by atoms with E-state index >= 15 is 0 Å². The van der Waals surface area contributed by atoms with Crippen molar-refractivity contribution in [3.63, 3.8) is 0 Å². The molecule has 0 radical (unpaired) electrons. The Morgan fingerprint density at radius 3 is 2.47 bits per heavy atom. The van der Waals surface area contributed by atoms with Gasteiger partial charge in [0.2, 0.25) is 5.95 Å². The molecule has 3 fully saturated rings. The number of ether oxygens (including phenoxy) is 1. The van der Waals surface area contributed by atoms with Crippen LogP contribution in [-0.4, -0.2) is 66.5 Å². The van der Waals surface area contributed by atoms with E-state index in [2.05, 4.69) is 22.2 Å². The summed E-state index contributed by atoms with van der Waals surface area (Å²) in [5, 5.41) is 13.4. The zero-order valence-electron chi connectivity index (χ0n) is 23.2. The number of sulfone groups is 1.